The fourth-order valence-electron chi connectivity index (χ4n) is 4.19. The number of fused-ring (bicyclic) bond motifs is 3. The fourth-order valence-corrected chi connectivity index (χ4v) is 4.19. The first-order chi connectivity index (χ1) is 8.68. The van der Waals surface area contributed by atoms with Crippen LogP contribution in [0, 0.1) is 5.41 Å². The van der Waals surface area contributed by atoms with Crippen LogP contribution in [0.15, 0.2) is 24.3 Å². The molecular formula is C16H23NO. The van der Waals surface area contributed by atoms with Crippen LogP contribution in [0.4, 0.5) is 0 Å². The Bertz CT molecular complexity index is 399. The molecule has 18 heavy (non-hydrogen) atoms. The standard InChI is InChI=1S/C16H23NO/c17-12-11-15-5-8-16(9-6-15,10-7-15)13-1-3-14(18)4-2-13/h1-4,18H,5-12,17H2. The molecule has 2 heteroatoms. The van der Waals surface area contributed by atoms with Crippen molar-refractivity contribution in [1.29, 1.82) is 0 Å². The minimum absolute atomic E-state index is 0.374. The lowest BCUT2D eigenvalue weighted by molar-refractivity contribution is 0.0346. The lowest BCUT2D eigenvalue weighted by Gasteiger charge is -2.54. The molecule has 0 spiro atoms. The monoisotopic (exact) mass is 245 g/mol. The second kappa shape index (κ2) is 4.27. The number of rotatable bonds is 3. The number of phenols is 1. The van der Waals surface area contributed by atoms with Crippen molar-refractivity contribution in [3.05, 3.63) is 29.8 Å². The van der Waals surface area contributed by atoms with Gasteiger partial charge in [0.25, 0.3) is 0 Å². The summed E-state index contributed by atoms with van der Waals surface area (Å²) in [7, 11) is 0. The predicted molar refractivity (Wildman–Crippen MR) is 73.6 cm³/mol. The highest BCUT2D eigenvalue weighted by Crippen LogP contribution is 2.58. The van der Waals surface area contributed by atoms with Crippen molar-refractivity contribution in [2.75, 3.05) is 6.54 Å². The molecule has 0 heterocycles. The van der Waals surface area contributed by atoms with E-state index in [1.54, 1.807) is 0 Å². The normalized spacial score (nSPS) is 34.7. The number of phenolic OH excluding ortho intramolecular Hbond substituents is 1. The third-order valence-corrected chi connectivity index (χ3v) is 5.56. The fraction of sp³-hybridized carbons (Fsp3) is 0.625. The van der Waals surface area contributed by atoms with E-state index in [9.17, 15) is 5.11 Å². The molecule has 3 saturated carbocycles. The smallest absolute Gasteiger partial charge is 0.115 e. The first kappa shape index (κ1) is 12.0. The largest absolute Gasteiger partial charge is 0.508 e. The Hall–Kier alpha value is -1.02. The number of benzene rings is 1. The van der Waals surface area contributed by atoms with Gasteiger partial charge in [0, 0.05) is 0 Å². The number of aromatic hydroxyl groups is 1. The van der Waals surface area contributed by atoms with Crippen LogP contribution in [-0.4, -0.2) is 11.7 Å². The maximum atomic E-state index is 9.42. The van der Waals surface area contributed by atoms with Crippen molar-refractivity contribution >= 4 is 0 Å². The van der Waals surface area contributed by atoms with Gasteiger partial charge < -0.3 is 10.8 Å². The van der Waals surface area contributed by atoms with E-state index in [2.05, 4.69) is 12.1 Å². The van der Waals surface area contributed by atoms with Crippen molar-refractivity contribution in [1.82, 2.24) is 0 Å². The van der Waals surface area contributed by atoms with Crippen LogP contribution in [0.3, 0.4) is 0 Å². The average molecular weight is 245 g/mol. The van der Waals surface area contributed by atoms with Gasteiger partial charge >= 0.3 is 0 Å². The van der Waals surface area contributed by atoms with Crippen LogP contribution in [-0.2, 0) is 5.41 Å². The molecule has 98 valence electrons. The van der Waals surface area contributed by atoms with Gasteiger partial charge in [0.2, 0.25) is 0 Å². The molecule has 0 saturated heterocycles. The van der Waals surface area contributed by atoms with E-state index >= 15 is 0 Å². The SMILES string of the molecule is NCCC12CCC(c3ccc(O)cc3)(CC1)CC2. The Morgan fingerprint density at radius 1 is 0.944 bits per heavy atom. The number of hydrogen-bond donors (Lipinski definition) is 2. The Morgan fingerprint density at radius 2 is 1.50 bits per heavy atom. The third kappa shape index (κ3) is 1.83. The van der Waals surface area contributed by atoms with E-state index in [4.69, 9.17) is 5.73 Å². The van der Waals surface area contributed by atoms with Gasteiger partial charge in [-0.15, -0.1) is 0 Å². The van der Waals surface area contributed by atoms with Crippen LogP contribution in [0.25, 0.3) is 0 Å². The van der Waals surface area contributed by atoms with Crippen molar-refractivity contribution in [3.63, 3.8) is 0 Å². The molecule has 0 atom stereocenters. The van der Waals surface area contributed by atoms with Gasteiger partial charge in [0.05, 0.1) is 0 Å². The molecule has 2 nitrogen and oxygen atoms in total. The van der Waals surface area contributed by atoms with Gasteiger partial charge in [0.15, 0.2) is 0 Å². The van der Waals surface area contributed by atoms with Crippen molar-refractivity contribution in [2.24, 2.45) is 11.1 Å². The lowest BCUT2D eigenvalue weighted by Crippen LogP contribution is -2.44. The predicted octanol–water partition coefficient (Wildman–Crippen LogP) is 3.33. The maximum absolute atomic E-state index is 9.42. The highest BCUT2D eigenvalue weighted by atomic mass is 16.3. The summed E-state index contributed by atoms with van der Waals surface area (Å²) in [4.78, 5) is 0. The molecule has 0 unspecified atom stereocenters. The van der Waals surface area contributed by atoms with E-state index in [1.165, 1.54) is 50.5 Å². The molecule has 3 aliphatic carbocycles. The molecule has 3 aliphatic rings. The Labute approximate surface area is 109 Å². The Balaban J connectivity index is 1.82. The van der Waals surface area contributed by atoms with Crippen molar-refractivity contribution in [2.45, 2.75) is 50.4 Å². The summed E-state index contributed by atoms with van der Waals surface area (Å²) in [5.74, 6) is 0.374. The summed E-state index contributed by atoms with van der Waals surface area (Å²) in [5, 5.41) is 9.42. The van der Waals surface area contributed by atoms with E-state index in [0.717, 1.165) is 6.54 Å². The highest BCUT2D eigenvalue weighted by Gasteiger charge is 2.48. The van der Waals surface area contributed by atoms with Crippen LogP contribution >= 0.6 is 0 Å². The van der Waals surface area contributed by atoms with Crippen LogP contribution in [0.1, 0.15) is 50.5 Å². The second-order valence-corrected chi connectivity index (χ2v) is 6.37. The molecule has 3 N–H and O–H groups in total. The summed E-state index contributed by atoms with van der Waals surface area (Å²) in [5.41, 5.74) is 8.16. The molecule has 4 rings (SSSR count). The zero-order valence-corrected chi connectivity index (χ0v) is 11.0. The van der Waals surface area contributed by atoms with E-state index in [0.29, 0.717) is 16.6 Å². The second-order valence-electron chi connectivity index (χ2n) is 6.37. The molecular weight excluding hydrogens is 222 g/mol. The summed E-state index contributed by atoms with van der Waals surface area (Å²) >= 11 is 0. The zero-order chi connectivity index (χ0) is 12.6. The first-order valence-corrected chi connectivity index (χ1v) is 7.18. The van der Waals surface area contributed by atoms with Crippen molar-refractivity contribution in [3.8, 4) is 5.75 Å². The van der Waals surface area contributed by atoms with Gasteiger partial charge in [-0.2, -0.15) is 0 Å². The van der Waals surface area contributed by atoms with Crippen LogP contribution in [0.2, 0.25) is 0 Å². The van der Waals surface area contributed by atoms with E-state index in [-0.39, 0.29) is 0 Å². The summed E-state index contributed by atoms with van der Waals surface area (Å²) < 4.78 is 0. The quantitative estimate of drug-likeness (QED) is 0.858. The third-order valence-electron chi connectivity index (χ3n) is 5.56. The van der Waals surface area contributed by atoms with Crippen LogP contribution in [0.5, 0.6) is 5.75 Å². The molecule has 0 amide bonds. The topological polar surface area (TPSA) is 46.2 Å². The van der Waals surface area contributed by atoms with Gasteiger partial charge in [-0.25, -0.2) is 0 Å². The van der Waals surface area contributed by atoms with E-state index in [1.807, 2.05) is 12.1 Å². The van der Waals surface area contributed by atoms with Gasteiger partial charge in [-0.1, -0.05) is 12.1 Å². The molecule has 3 fully saturated rings. The molecule has 1 aromatic carbocycles. The minimum Gasteiger partial charge on any atom is -0.508 e. The maximum Gasteiger partial charge on any atom is 0.115 e. The number of nitrogens with two attached hydrogens (primary N) is 1. The Kier molecular flexibility index (Phi) is 2.86. The molecule has 0 aliphatic heterocycles. The van der Waals surface area contributed by atoms with Crippen molar-refractivity contribution < 1.29 is 5.11 Å². The first-order valence-electron chi connectivity index (χ1n) is 7.18. The van der Waals surface area contributed by atoms with Gasteiger partial charge in [0.1, 0.15) is 5.75 Å². The van der Waals surface area contributed by atoms with Crippen LogP contribution < -0.4 is 5.73 Å². The van der Waals surface area contributed by atoms with Gasteiger partial charge in [-0.05, 0) is 80.0 Å². The molecule has 0 radical (unpaired) electrons. The highest BCUT2D eigenvalue weighted by molar-refractivity contribution is 5.33. The van der Waals surface area contributed by atoms with E-state index < -0.39 is 0 Å². The zero-order valence-electron chi connectivity index (χ0n) is 11.0. The average Bonchev–Trinajstić information content (AvgIpc) is 2.42. The minimum atomic E-state index is 0.374. The summed E-state index contributed by atoms with van der Waals surface area (Å²) in [6.45, 7) is 0.839. The van der Waals surface area contributed by atoms with Gasteiger partial charge in [-0.3, -0.25) is 0 Å². The summed E-state index contributed by atoms with van der Waals surface area (Å²) in [6, 6.07) is 7.91. The lowest BCUT2D eigenvalue weighted by atomic mass is 9.51. The molecule has 0 aromatic heterocycles. The molecule has 2 bridgehead atoms. The molecule has 1 aromatic rings. The summed E-state index contributed by atoms with van der Waals surface area (Å²) in [6.07, 6.45) is 9.13. The number of hydrogen-bond acceptors (Lipinski definition) is 2. The Morgan fingerprint density at radius 3 is 2.00 bits per heavy atom.